The minimum atomic E-state index is -1.02. The first-order valence-corrected chi connectivity index (χ1v) is 9.06. The number of hydrogen-bond donors (Lipinski definition) is 1. The van der Waals surface area contributed by atoms with Crippen molar-refractivity contribution in [2.75, 3.05) is 27.4 Å². The van der Waals surface area contributed by atoms with Gasteiger partial charge >= 0.3 is 6.09 Å². The first-order chi connectivity index (χ1) is 13.1. The first-order valence-electron chi connectivity index (χ1n) is 9.06. The van der Waals surface area contributed by atoms with E-state index >= 15 is 0 Å². The second-order valence-corrected chi connectivity index (χ2v) is 7.63. The van der Waals surface area contributed by atoms with E-state index in [4.69, 9.17) is 14.2 Å². The summed E-state index contributed by atoms with van der Waals surface area (Å²) < 4.78 is 15.9. The second kappa shape index (κ2) is 8.42. The molecule has 1 aromatic rings. The monoisotopic (exact) mass is 389 g/mol. The Morgan fingerprint density at radius 1 is 1.21 bits per heavy atom. The van der Waals surface area contributed by atoms with Gasteiger partial charge in [0.25, 0.3) is 0 Å². The molecule has 1 atom stereocenters. The maximum atomic E-state index is 12.3. The van der Waals surface area contributed by atoms with E-state index in [-0.39, 0.29) is 6.61 Å². The highest BCUT2D eigenvalue weighted by molar-refractivity contribution is 5.97. The van der Waals surface area contributed by atoms with Gasteiger partial charge in [-0.3, -0.25) is 9.69 Å². The molecule has 1 saturated heterocycles. The van der Waals surface area contributed by atoms with Gasteiger partial charge in [0, 0.05) is 12.6 Å². The molecule has 1 amide bonds. The predicted molar refractivity (Wildman–Crippen MR) is 104 cm³/mol. The van der Waals surface area contributed by atoms with Gasteiger partial charge in [-0.1, -0.05) is 26.7 Å². The lowest BCUT2D eigenvalue weighted by molar-refractivity contribution is -0.115. The maximum Gasteiger partial charge on any atom is 0.408 e. The number of carbonyl (C=O) groups is 2. The van der Waals surface area contributed by atoms with E-state index in [2.05, 4.69) is 11.8 Å². The van der Waals surface area contributed by atoms with E-state index in [1.807, 2.05) is 20.8 Å². The Hall–Kier alpha value is -2.88. The fourth-order valence-electron chi connectivity index (χ4n) is 3.44. The Kier molecular flexibility index (Phi) is 6.45. The third-order valence-corrected chi connectivity index (χ3v) is 4.99. The zero-order valence-corrected chi connectivity index (χ0v) is 17.0. The van der Waals surface area contributed by atoms with E-state index in [1.165, 1.54) is 19.1 Å². The van der Waals surface area contributed by atoms with E-state index < -0.39 is 22.8 Å². The molecule has 0 bridgehead atoms. The zero-order valence-electron chi connectivity index (χ0n) is 17.0. The van der Waals surface area contributed by atoms with Gasteiger partial charge in [-0.15, -0.1) is 0 Å². The largest absolute Gasteiger partial charge is 0.493 e. The second-order valence-electron chi connectivity index (χ2n) is 7.63. The third-order valence-electron chi connectivity index (χ3n) is 4.99. The van der Waals surface area contributed by atoms with Gasteiger partial charge in [-0.2, -0.15) is 0 Å². The van der Waals surface area contributed by atoms with Crippen LogP contribution >= 0.6 is 0 Å². The summed E-state index contributed by atoms with van der Waals surface area (Å²) in [5.74, 6) is 6.65. The molecule has 0 saturated carbocycles. The van der Waals surface area contributed by atoms with Crippen LogP contribution in [0.4, 0.5) is 4.79 Å². The molecule has 152 valence electrons. The van der Waals surface area contributed by atoms with Crippen LogP contribution in [0.2, 0.25) is 0 Å². The minimum absolute atomic E-state index is 0.240. The summed E-state index contributed by atoms with van der Waals surface area (Å²) in [6.07, 6.45) is 0.296. The molecule has 7 heteroatoms. The van der Waals surface area contributed by atoms with E-state index in [9.17, 15) is 14.7 Å². The van der Waals surface area contributed by atoms with Gasteiger partial charge in [0.1, 0.15) is 11.3 Å². The van der Waals surface area contributed by atoms with Gasteiger partial charge in [0.15, 0.2) is 18.1 Å². The van der Waals surface area contributed by atoms with Crippen molar-refractivity contribution in [1.82, 2.24) is 4.90 Å². The fraction of sp³-hybridized carbons (Fsp3) is 0.524. The van der Waals surface area contributed by atoms with Crippen molar-refractivity contribution < 1.29 is 28.9 Å². The molecule has 1 N–H and O–H groups in total. The molecule has 1 heterocycles. The van der Waals surface area contributed by atoms with Gasteiger partial charge < -0.3 is 19.3 Å². The highest BCUT2D eigenvalue weighted by atomic mass is 16.5. The van der Waals surface area contributed by atoms with Gasteiger partial charge in [0.05, 0.1) is 14.2 Å². The summed E-state index contributed by atoms with van der Waals surface area (Å²) in [5, 5.41) is 9.55. The highest BCUT2D eigenvalue weighted by Crippen LogP contribution is 2.43. The van der Waals surface area contributed by atoms with Crippen LogP contribution in [0, 0.1) is 17.3 Å². The van der Waals surface area contributed by atoms with Crippen molar-refractivity contribution in [3.05, 3.63) is 18.2 Å². The molecular formula is C21H27NO6. The minimum Gasteiger partial charge on any atom is -0.493 e. The van der Waals surface area contributed by atoms with Crippen LogP contribution in [0.1, 0.15) is 33.6 Å². The molecule has 1 aliphatic rings. The number of ketones is 1. The van der Waals surface area contributed by atoms with Crippen molar-refractivity contribution in [3.8, 4) is 29.1 Å². The van der Waals surface area contributed by atoms with Gasteiger partial charge in [-0.25, -0.2) is 4.79 Å². The van der Waals surface area contributed by atoms with Crippen molar-refractivity contribution in [2.45, 2.75) is 39.2 Å². The number of methoxy groups -OCH3 is 2. The number of likely N-dealkylation sites (tertiary alicyclic amines) is 1. The first kappa shape index (κ1) is 21.4. The van der Waals surface area contributed by atoms with Crippen LogP contribution in [0.5, 0.6) is 17.2 Å². The van der Waals surface area contributed by atoms with Crippen LogP contribution in [0.3, 0.4) is 0 Å². The van der Waals surface area contributed by atoms with Crippen LogP contribution in [0.25, 0.3) is 0 Å². The molecule has 2 rings (SSSR count). The lowest BCUT2D eigenvalue weighted by Crippen LogP contribution is -2.54. The molecule has 0 aliphatic carbocycles. The lowest BCUT2D eigenvalue weighted by atomic mass is 9.72. The van der Waals surface area contributed by atoms with Crippen LogP contribution < -0.4 is 14.2 Å². The van der Waals surface area contributed by atoms with Crippen LogP contribution in [-0.2, 0) is 4.79 Å². The summed E-state index contributed by atoms with van der Waals surface area (Å²) in [4.78, 5) is 25.3. The zero-order chi connectivity index (χ0) is 20.9. The normalized spacial score (nSPS) is 18.8. The predicted octanol–water partition coefficient (Wildman–Crippen LogP) is 3.21. The van der Waals surface area contributed by atoms with Crippen LogP contribution in [0.15, 0.2) is 18.2 Å². The quantitative estimate of drug-likeness (QED) is 0.615. The van der Waals surface area contributed by atoms with Gasteiger partial charge in [-0.05, 0) is 36.3 Å². The molecule has 1 aliphatic heterocycles. The number of Topliss-reactive ketones (excluding diaryl/α,β-unsaturated/α-hetero) is 1. The van der Waals surface area contributed by atoms with Crippen molar-refractivity contribution in [1.29, 1.82) is 0 Å². The molecule has 1 fully saturated rings. The van der Waals surface area contributed by atoms with Crippen LogP contribution in [-0.4, -0.2) is 54.8 Å². The maximum absolute atomic E-state index is 12.3. The number of ether oxygens (including phenoxy) is 3. The average Bonchev–Trinajstić information content (AvgIpc) is 3.10. The summed E-state index contributed by atoms with van der Waals surface area (Å²) in [5.41, 5.74) is -1.32. The molecular weight excluding hydrogens is 362 g/mol. The van der Waals surface area contributed by atoms with Crippen molar-refractivity contribution in [3.63, 3.8) is 0 Å². The SMILES string of the molecule is COc1ccc(OCC(=O)C#C[C@@]2(C(C)(C)C)CCCN2C(=O)O)cc1OC. The summed E-state index contributed by atoms with van der Waals surface area (Å²) in [6, 6.07) is 4.98. The molecule has 7 nitrogen and oxygen atoms in total. The number of benzene rings is 1. The molecule has 1 aromatic carbocycles. The summed E-state index contributed by atoms with van der Waals surface area (Å²) >= 11 is 0. The number of amides is 1. The van der Waals surface area contributed by atoms with E-state index in [0.717, 1.165) is 0 Å². The van der Waals surface area contributed by atoms with Crippen molar-refractivity contribution >= 4 is 11.9 Å². The smallest absolute Gasteiger partial charge is 0.408 e. The Morgan fingerprint density at radius 3 is 2.46 bits per heavy atom. The Morgan fingerprint density at radius 2 is 1.89 bits per heavy atom. The average molecular weight is 389 g/mol. The fourth-order valence-corrected chi connectivity index (χ4v) is 3.44. The number of nitrogens with zero attached hydrogens (tertiary/aromatic N) is 1. The summed E-state index contributed by atoms with van der Waals surface area (Å²) in [7, 11) is 3.05. The Bertz CT molecular complexity index is 801. The van der Waals surface area contributed by atoms with E-state index in [0.29, 0.717) is 36.6 Å². The molecule has 0 unspecified atom stereocenters. The molecule has 0 spiro atoms. The lowest BCUT2D eigenvalue weighted by Gasteiger charge is -2.43. The molecule has 28 heavy (non-hydrogen) atoms. The summed E-state index contributed by atoms with van der Waals surface area (Å²) in [6.45, 7) is 5.99. The van der Waals surface area contributed by atoms with E-state index in [1.54, 1.807) is 18.2 Å². The molecule has 0 radical (unpaired) electrons. The number of carbonyl (C=O) groups excluding carboxylic acids is 1. The molecule has 0 aromatic heterocycles. The Labute approximate surface area is 165 Å². The number of carboxylic acid groups (broad SMARTS) is 1. The topological polar surface area (TPSA) is 85.3 Å². The van der Waals surface area contributed by atoms with Gasteiger partial charge in [0.2, 0.25) is 5.78 Å². The standard InChI is InChI=1S/C21H27NO6/c1-20(2,3)21(10-6-12-22(21)19(24)25)11-9-15(23)14-28-16-7-8-17(26-4)18(13-16)27-5/h7-8,13H,6,10,12,14H2,1-5H3,(H,24,25)/t21-/m1/s1. The van der Waals surface area contributed by atoms with Crippen molar-refractivity contribution in [2.24, 2.45) is 5.41 Å². The number of rotatable bonds is 5. The Balaban J connectivity index is 2.14. The third kappa shape index (κ3) is 4.33. The number of hydrogen-bond acceptors (Lipinski definition) is 5. The highest BCUT2D eigenvalue weighted by Gasteiger charge is 2.51.